The zero-order valence-electron chi connectivity index (χ0n) is 17.8. The first kappa shape index (κ1) is 23.6. The van der Waals surface area contributed by atoms with Crippen molar-refractivity contribution in [3.05, 3.63) is 108 Å². The van der Waals surface area contributed by atoms with E-state index < -0.39 is 47.0 Å². The minimum atomic E-state index is -3.12. The third-order valence-electron chi connectivity index (χ3n) is 5.90. The summed E-state index contributed by atoms with van der Waals surface area (Å²) in [6.45, 7) is 0. The second-order valence-corrected chi connectivity index (χ2v) is 8.03. The number of ketones is 3. The predicted molar refractivity (Wildman–Crippen MR) is 119 cm³/mol. The Bertz CT molecular complexity index is 1200. The maximum absolute atomic E-state index is 13.4. The summed E-state index contributed by atoms with van der Waals surface area (Å²) in [5.41, 5.74) is -3.17. The maximum atomic E-state index is 13.4. The molecule has 4 rings (SSSR count). The summed E-state index contributed by atoms with van der Waals surface area (Å²) in [6, 6.07) is 22.1. The second-order valence-electron chi connectivity index (χ2n) is 8.03. The van der Waals surface area contributed by atoms with E-state index in [9.17, 15) is 34.8 Å². The number of ether oxygens (including phenoxy) is 1. The Morgan fingerprint density at radius 3 is 1.59 bits per heavy atom. The molecule has 1 heterocycles. The van der Waals surface area contributed by atoms with Crippen LogP contribution in [0.2, 0.25) is 0 Å². The fourth-order valence-electron chi connectivity index (χ4n) is 4.07. The molecular weight excluding hydrogens is 440 g/mol. The van der Waals surface area contributed by atoms with E-state index in [2.05, 4.69) is 0 Å². The Kier molecular flexibility index (Phi) is 6.26. The predicted octanol–water partition coefficient (Wildman–Crippen LogP) is 1.18. The molecule has 0 spiro atoms. The van der Waals surface area contributed by atoms with E-state index in [1.54, 1.807) is 30.3 Å². The minimum Gasteiger partial charge on any atom is -0.383 e. The fraction of sp³-hybridized carbons (Fsp3) is 0.192. The number of carbonyl (C=O) groups excluding carboxylic acids is 3. The highest BCUT2D eigenvalue weighted by Crippen LogP contribution is 2.43. The molecule has 174 valence electrons. The Morgan fingerprint density at radius 2 is 1.12 bits per heavy atom. The molecule has 2 unspecified atom stereocenters. The van der Waals surface area contributed by atoms with Crippen LogP contribution in [0.1, 0.15) is 31.1 Å². The summed E-state index contributed by atoms with van der Waals surface area (Å²) in [5, 5.41) is 44.5. The molecule has 3 aromatic rings. The van der Waals surface area contributed by atoms with Crippen molar-refractivity contribution in [1.29, 1.82) is 0 Å². The third-order valence-corrected chi connectivity index (χ3v) is 5.90. The number of benzene rings is 3. The van der Waals surface area contributed by atoms with Gasteiger partial charge in [-0.25, -0.2) is 0 Å². The summed E-state index contributed by atoms with van der Waals surface area (Å²) >= 11 is 0. The molecule has 0 saturated carbocycles. The van der Waals surface area contributed by atoms with Crippen LogP contribution in [0, 0.1) is 0 Å². The van der Waals surface area contributed by atoms with Crippen molar-refractivity contribution in [2.45, 2.75) is 29.7 Å². The van der Waals surface area contributed by atoms with Crippen LogP contribution >= 0.6 is 0 Å². The van der Waals surface area contributed by atoms with E-state index in [1.165, 1.54) is 60.7 Å². The second kappa shape index (κ2) is 9.02. The summed E-state index contributed by atoms with van der Waals surface area (Å²) in [7, 11) is 0. The van der Waals surface area contributed by atoms with Gasteiger partial charge in [0.15, 0.2) is 23.3 Å². The van der Waals surface area contributed by atoms with Crippen molar-refractivity contribution in [2.75, 3.05) is 0 Å². The Labute approximate surface area is 194 Å². The van der Waals surface area contributed by atoms with E-state index in [-0.39, 0.29) is 16.7 Å². The van der Waals surface area contributed by atoms with E-state index in [4.69, 9.17) is 4.74 Å². The van der Waals surface area contributed by atoms with Crippen molar-refractivity contribution in [1.82, 2.24) is 0 Å². The third kappa shape index (κ3) is 3.77. The summed E-state index contributed by atoms with van der Waals surface area (Å²) < 4.78 is 5.35. The minimum absolute atomic E-state index is 0.0347. The number of rotatable bonds is 7. The average Bonchev–Trinajstić information content (AvgIpc) is 3.11. The van der Waals surface area contributed by atoms with Gasteiger partial charge in [0.05, 0.1) is 0 Å². The normalized spacial score (nSPS) is 27.2. The van der Waals surface area contributed by atoms with Crippen molar-refractivity contribution in [2.24, 2.45) is 0 Å². The largest absolute Gasteiger partial charge is 0.383 e. The summed E-state index contributed by atoms with van der Waals surface area (Å²) in [5.74, 6) is -6.35. The van der Waals surface area contributed by atoms with Crippen molar-refractivity contribution < 1.29 is 39.5 Å². The molecule has 8 nitrogen and oxygen atoms in total. The highest BCUT2D eigenvalue weighted by atomic mass is 16.7. The zero-order valence-corrected chi connectivity index (χ0v) is 17.8. The van der Waals surface area contributed by atoms with Crippen LogP contribution in [0.3, 0.4) is 0 Å². The first-order valence-corrected chi connectivity index (χ1v) is 10.5. The molecule has 3 aromatic carbocycles. The quantitative estimate of drug-likeness (QED) is 0.384. The zero-order chi connectivity index (χ0) is 24.5. The number of aliphatic hydroxyl groups excluding tert-OH is 2. The van der Waals surface area contributed by atoms with Gasteiger partial charge in [0.2, 0.25) is 5.78 Å². The number of aliphatic hydroxyl groups is 4. The van der Waals surface area contributed by atoms with Gasteiger partial charge in [0, 0.05) is 16.7 Å². The fourth-order valence-corrected chi connectivity index (χ4v) is 4.07. The molecule has 1 aliphatic rings. The maximum Gasteiger partial charge on any atom is 0.262 e. The number of hydrogen-bond donors (Lipinski definition) is 4. The molecule has 4 N–H and O–H groups in total. The highest BCUT2D eigenvalue weighted by molar-refractivity contribution is 6.08. The summed E-state index contributed by atoms with van der Waals surface area (Å²) in [4.78, 5) is 39.4. The standard InChI is InChI=1S/C26H22O8/c27-19(16-10-4-1-5-11-16)20(28)23-25(32,21(29)17-12-6-2-7-13-17)24(31)26(33,34-23)22(30)18-14-8-3-9-15-18/h1-15,20,23-24,28,31-33H/t20?,23-,24-,25-,26?/m1/s1. The van der Waals surface area contributed by atoms with Crippen LogP contribution in [0.5, 0.6) is 0 Å². The molecule has 1 saturated heterocycles. The van der Waals surface area contributed by atoms with E-state index >= 15 is 0 Å². The Morgan fingerprint density at radius 1 is 0.706 bits per heavy atom. The van der Waals surface area contributed by atoms with E-state index in [0.29, 0.717) is 0 Å². The van der Waals surface area contributed by atoms with Crippen LogP contribution in [-0.4, -0.2) is 67.5 Å². The van der Waals surface area contributed by atoms with Crippen molar-refractivity contribution >= 4 is 17.3 Å². The van der Waals surface area contributed by atoms with Gasteiger partial charge >= 0.3 is 0 Å². The van der Waals surface area contributed by atoms with Gasteiger partial charge in [0.25, 0.3) is 5.79 Å². The smallest absolute Gasteiger partial charge is 0.262 e. The number of Topliss-reactive ketones (excluding diaryl/α,β-unsaturated/α-hetero) is 3. The molecule has 0 aliphatic carbocycles. The molecule has 1 aliphatic heterocycles. The van der Waals surface area contributed by atoms with E-state index in [1.807, 2.05) is 0 Å². The highest BCUT2D eigenvalue weighted by Gasteiger charge is 2.71. The van der Waals surface area contributed by atoms with Gasteiger partial charge in [-0.2, -0.15) is 0 Å². The molecule has 0 bridgehead atoms. The molecule has 0 radical (unpaired) electrons. The molecule has 34 heavy (non-hydrogen) atoms. The van der Waals surface area contributed by atoms with Crippen molar-refractivity contribution in [3.8, 4) is 0 Å². The van der Waals surface area contributed by atoms with Gasteiger partial charge < -0.3 is 25.2 Å². The van der Waals surface area contributed by atoms with Gasteiger partial charge in [0.1, 0.15) is 12.2 Å². The SMILES string of the molecule is O=C(c1ccccc1)C(O)[C@H]1OC(O)(C(=O)c2ccccc2)[C@H](O)[C@@]1(O)C(=O)c1ccccc1. The van der Waals surface area contributed by atoms with Crippen LogP contribution in [0.25, 0.3) is 0 Å². The van der Waals surface area contributed by atoms with Crippen LogP contribution in [0.15, 0.2) is 91.0 Å². The lowest BCUT2D eigenvalue weighted by molar-refractivity contribution is -0.198. The Hall–Kier alpha value is -3.53. The average molecular weight is 462 g/mol. The monoisotopic (exact) mass is 462 g/mol. The van der Waals surface area contributed by atoms with Crippen molar-refractivity contribution in [3.63, 3.8) is 0 Å². The topological polar surface area (TPSA) is 141 Å². The van der Waals surface area contributed by atoms with Gasteiger partial charge in [-0.1, -0.05) is 91.0 Å². The molecule has 8 heteroatoms. The lowest BCUT2D eigenvalue weighted by Crippen LogP contribution is -2.61. The van der Waals surface area contributed by atoms with Crippen LogP contribution in [-0.2, 0) is 4.74 Å². The lowest BCUT2D eigenvalue weighted by atomic mass is 9.78. The first-order chi connectivity index (χ1) is 16.2. The van der Waals surface area contributed by atoms with Gasteiger partial charge in [-0.05, 0) is 0 Å². The molecule has 0 amide bonds. The lowest BCUT2D eigenvalue weighted by Gasteiger charge is -2.31. The Balaban J connectivity index is 1.80. The van der Waals surface area contributed by atoms with E-state index in [0.717, 1.165) is 0 Å². The van der Waals surface area contributed by atoms with Crippen LogP contribution < -0.4 is 0 Å². The molecule has 0 aromatic heterocycles. The molecule has 1 fully saturated rings. The molecular formula is C26H22O8. The first-order valence-electron chi connectivity index (χ1n) is 10.5. The number of carbonyl (C=O) groups is 3. The van der Waals surface area contributed by atoms with Gasteiger partial charge in [-0.15, -0.1) is 0 Å². The van der Waals surface area contributed by atoms with Crippen LogP contribution in [0.4, 0.5) is 0 Å². The molecule has 5 atom stereocenters. The number of hydrogen-bond acceptors (Lipinski definition) is 8. The van der Waals surface area contributed by atoms with Gasteiger partial charge in [-0.3, -0.25) is 14.4 Å². The summed E-state index contributed by atoms with van der Waals surface area (Å²) in [6.07, 6.45) is -6.89.